The third-order valence-electron chi connectivity index (χ3n) is 4.82. The Balaban J connectivity index is 1.37. The van der Waals surface area contributed by atoms with Gasteiger partial charge < -0.3 is 9.72 Å². The number of aromatic nitrogens is 5. The van der Waals surface area contributed by atoms with Gasteiger partial charge in [-0.05, 0) is 18.6 Å². The highest BCUT2D eigenvalue weighted by atomic mass is 16.5. The molecule has 1 saturated heterocycles. The van der Waals surface area contributed by atoms with Crippen molar-refractivity contribution in [1.82, 2.24) is 29.9 Å². The monoisotopic (exact) mass is 310 g/mol. The van der Waals surface area contributed by atoms with E-state index in [-0.39, 0.29) is 12.1 Å². The molecule has 2 aliphatic rings. The smallest absolute Gasteiger partial charge is 0.121 e. The molecule has 0 amide bonds. The van der Waals surface area contributed by atoms with E-state index >= 15 is 0 Å². The molecule has 0 saturated carbocycles. The van der Waals surface area contributed by atoms with Gasteiger partial charge >= 0.3 is 0 Å². The number of benzene rings is 1. The average molecular weight is 310 g/mol. The van der Waals surface area contributed by atoms with Crippen molar-refractivity contribution in [3.63, 3.8) is 0 Å². The van der Waals surface area contributed by atoms with Crippen molar-refractivity contribution in [3.8, 4) is 0 Å². The number of hydrogen-bond acceptors (Lipinski definition) is 5. The lowest BCUT2D eigenvalue weighted by molar-refractivity contribution is -0.0672. The number of nitrogens with zero attached hydrogens (tertiary/aromatic N) is 5. The maximum Gasteiger partial charge on any atom is 0.121 e. The molecule has 2 atom stereocenters. The predicted octanol–water partition coefficient (Wildman–Crippen LogP) is 1.50. The first-order valence-electron chi connectivity index (χ1n) is 8.03. The molecule has 3 aromatic rings. The normalized spacial score (nSPS) is 24.5. The van der Waals surface area contributed by atoms with Gasteiger partial charge in [0.15, 0.2) is 0 Å². The molecule has 1 N–H and O–H groups in total. The molecule has 1 fully saturated rings. The maximum absolute atomic E-state index is 5.96. The Bertz CT molecular complexity index is 807. The van der Waals surface area contributed by atoms with Crippen LogP contribution in [0, 0.1) is 0 Å². The summed E-state index contributed by atoms with van der Waals surface area (Å²) >= 11 is 0. The Morgan fingerprint density at radius 2 is 2.26 bits per heavy atom. The summed E-state index contributed by atoms with van der Waals surface area (Å²) in [4.78, 5) is 10.5. The van der Waals surface area contributed by atoms with Crippen LogP contribution >= 0.6 is 0 Å². The number of para-hydroxylation sites is 2. The molecule has 0 bridgehead atoms. The first kappa shape index (κ1) is 13.2. The van der Waals surface area contributed by atoms with E-state index in [1.807, 2.05) is 22.9 Å². The molecule has 1 aromatic carbocycles. The van der Waals surface area contributed by atoms with E-state index < -0.39 is 0 Å². The van der Waals surface area contributed by atoms with Crippen molar-refractivity contribution < 1.29 is 4.74 Å². The molecular formula is C16H18N6O. The van der Waals surface area contributed by atoms with Crippen LogP contribution in [0.3, 0.4) is 0 Å². The van der Waals surface area contributed by atoms with Gasteiger partial charge in [0, 0.05) is 13.1 Å². The molecule has 0 spiro atoms. The summed E-state index contributed by atoms with van der Waals surface area (Å²) in [5, 5.41) is 8.28. The second-order valence-corrected chi connectivity index (χ2v) is 6.31. The van der Waals surface area contributed by atoms with E-state index in [4.69, 9.17) is 4.74 Å². The van der Waals surface area contributed by atoms with Gasteiger partial charge in [-0.25, -0.2) is 9.67 Å². The Morgan fingerprint density at radius 1 is 1.30 bits per heavy atom. The van der Waals surface area contributed by atoms with Gasteiger partial charge in [0.1, 0.15) is 5.82 Å². The predicted molar refractivity (Wildman–Crippen MR) is 83.6 cm³/mol. The molecule has 2 unspecified atom stereocenters. The van der Waals surface area contributed by atoms with Crippen molar-refractivity contribution in [2.45, 2.75) is 31.7 Å². The minimum atomic E-state index is 0.246. The van der Waals surface area contributed by atoms with Gasteiger partial charge in [0.05, 0.1) is 48.2 Å². The van der Waals surface area contributed by atoms with E-state index in [9.17, 15) is 0 Å². The van der Waals surface area contributed by atoms with Crippen LogP contribution in [0.15, 0.2) is 30.5 Å². The Kier molecular flexibility index (Phi) is 2.95. The molecule has 118 valence electrons. The molecule has 7 nitrogen and oxygen atoms in total. The van der Waals surface area contributed by atoms with Gasteiger partial charge in [-0.1, -0.05) is 17.3 Å². The Labute approximate surface area is 133 Å². The van der Waals surface area contributed by atoms with Crippen LogP contribution in [0.25, 0.3) is 11.0 Å². The number of nitrogens with one attached hydrogen (secondary N) is 1. The summed E-state index contributed by atoms with van der Waals surface area (Å²) in [6.07, 6.45) is 3.06. The first-order valence-corrected chi connectivity index (χ1v) is 8.03. The lowest BCUT2D eigenvalue weighted by Crippen LogP contribution is -2.47. The van der Waals surface area contributed by atoms with Crippen molar-refractivity contribution in [3.05, 3.63) is 42.0 Å². The highest BCUT2D eigenvalue weighted by Gasteiger charge is 2.36. The molecule has 2 aliphatic heterocycles. The number of hydrogen-bond donors (Lipinski definition) is 1. The number of aromatic amines is 1. The lowest BCUT2D eigenvalue weighted by atomic mass is 10.0. The Morgan fingerprint density at radius 3 is 3.22 bits per heavy atom. The fraction of sp³-hybridized carbons (Fsp3) is 0.438. The summed E-state index contributed by atoms with van der Waals surface area (Å²) in [5.74, 6) is 1.01. The number of likely N-dealkylation sites (tertiary alicyclic amines) is 1. The van der Waals surface area contributed by atoms with Crippen LogP contribution in [0.4, 0.5) is 0 Å². The summed E-state index contributed by atoms with van der Waals surface area (Å²) in [5.41, 5.74) is 3.19. The number of rotatable bonds is 2. The minimum Gasteiger partial charge on any atom is -0.370 e. The van der Waals surface area contributed by atoms with Crippen LogP contribution in [-0.4, -0.2) is 49.1 Å². The first-order chi connectivity index (χ1) is 11.4. The number of imidazole rings is 1. The standard InChI is InChI=1S/C16H18N6O/c1-2-4-13-12(3-1)18-16(19-13)9-21-6-5-15-14(8-21)22-11(10-23-15)7-17-20-22/h1-4,7,14-15H,5-6,8-10H2,(H,18,19). The van der Waals surface area contributed by atoms with Crippen LogP contribution in [0.1, 0.15) is 24.0 Å². The summed E-state index contributed by atoms with van der Waals surface area (Å²) in [6, 6.07) is 8.40. The third-order valence-corrected chi connectivity index (χ3v) is 4.82. The lowest BCUT2D eigenvalue weighted by Gasteiger charge is -2.40. The zero-order valence-electron chi connectivity index (χ0n) is 12.7. The fourth-order valence-corrected chi connectivity index (χ4v) is 3.68. The van der Waals surface area contributed by atoms with E-state index in [1.165, 1.54) is 0 Å². The largest absolute Gasteiger partial charge is 0.370 e. The van der Waals surface area contributed by atoms with Crippen molar-refractivity contribution in [2.75, 3.05) is 13.1 Å². The van der Waals surface area contributed by atoms with Gasteiger partial charge in [-0.2, -0.15) is 0 Å². The van der Waals surface area contributed by atoms with Gasteiger partial charge in [0.25, 0.3) is 0 Å². The summed E-state index contributed by atoms with van der Waals surface area (Å²) in [6.45, 7) is 3.37. The maximum atomic E-state index is 5.96. The van der Waals surface area contributed by atoms with Gasteiger partial charge in [0.2, 0.25) is 0 Å². The zero-order chi connectivity index (χ0) is 15.2. The van der Waals surface area contributed by atoms with Crippen molar-refractivity contribution in [2.24, 2.45) is 0 Å². The molecule has 0 aliphatic carbocycles. The quantitative estimate of drug-likeness (QED) is 0.776. The Hall–Kier alpha value is -2.25. The van der Waals surface area contributed by atoms with E-state index in [0.29, 0.717) is 6.61 Å². The highest BCUT2D eigenvalue weighted by Crippen LogP contribution is 2.30. The summed E-state index contributed by atoms with van der Waals surface area (Å²) < 4.78 is 8.00. The minimum absolute atomic E-state index is 0.246. The van der Waals surface area contributed by atoms with Gasteiger partial charge in [-0.15, -0.1) is 5.10 Å². The SMILES string of the molecule is c1ccc2[nH]c(CN3CCC4OCc5cnnn5C4C3)nc2c1. The van der Waals surface area contributed by atoms with Crippen LogP contribution < -0.4 is 0 Å². The zero-order valence-corrected chi connectivity index (χ0v) is 12.7. The molecule has 23 heavy (non-hydrogen) atoms. The highest BCUT2D eigenvalue weighted by molar-refractivity contribution is 5.74. The number of H-pyrrole nitrogens is 1. The fourth-order valence-electron chi connectivity index (χ4n) is 3.68. The van der Waals surface area contributed by atoms with Crippen LogP contribution in [-0.2, 0) is 17.9 Å². The average Bonchev–Trinajstić information content (AvgIpc) is 3.20. The number of ether oxygens (including phenoxy) is 1. The van der Waals surface area contributed by atoms with Crippen LogP contribution in [0.2, 0.25) is 0 Å². The second-order valence-electron chi connectivity index (χ2n) is 6.31. The topological polar surface area (TPSA) is 71.9 Å². The molecule has 2 aromatic heterocycles. The second kappa shape index (κ2) is 5.14. The number of piperidine rings is 1. The van der Waals surface area contributed by atoms with Gasteiger partial charge in [-0.3, -0.25) is 4.90 Å². The third kappa shape index (κ3) is 2.24. The van der Waals surface area contributed by atoms with Crippen LogP contribution in [0.5, 0.6) is 0 Å². The van der Waals surface area contributed by atoms with E-state index in [0.717, 1.165) is 48.6 Å². The molecular weight excluding hydrogens is 292 g/mol. The van der Waals surface area contributed by atoms with Crippen molar-refractivity contribution in [1.29, 1.82) is 0 Å². The number of fused-ring (bicyclic) bond motifs is 4. The van der Waals surface area contributed by atoms with Crippen molar-refractivity contribution >= 4 is 11.0 Å². The molecule has 7 heteroatoms. The van der Waals surface area contributed by atoms with E-state index in [2.05, 4.69) is 31.2 Å². The van der Waals surface area contributed by atoms with E-state index in [1.54, 1.807) is 6.20 Å². The molecule has 4 heterocycles. The molecule has 0 radical (unpaired) electrons. The molecule has 5 rings (SSSR count). The summed E-state index contributed by atoms with van der Waals surface area (Å²) in [7, 11) is 0.